The topological polar surface area (TPSA) is 96.0 Å². The molecule has 1 atom stereocenters. The standard InChI is InChI=1S/C29H33Cl2N3O5S/c1-20(28(36)32-29(2,3)4)33(18-21-14-15-22(30)16-26(21)31)27(35)19-34(23-10-9-11-24(17-23)39-5)40(37,38)25-12-7-6-8-13-25/h6-17,20H,18-19H2,1-5H3,(H,32,36)/t20-/m0/s1. The lowest BCUT2D eigenvalue weighted by Gasteiger charge is -2.33. The number of sulfonamides is 1. The van der Waals surface area contributed by atoms with Gasteiger partial charge in [0.15, 0.2) is 0 Å². The van der Waals surface area contributed by atoms with E-state index in [0.29, 0.717) is 21.4 Å². The minimum Gasteiger partial charge on any atom is -0.497 e. The van der Waals surface area contributed by atoms with Gasteiger partial charge in [0.2, 0.25) is 11.8 Å². The quantitative estimate of drug-likeness (QED) is 0.328. The van der Waals surface area contributed by atoms with Gasteiger partial charge in [-0.15, -0.1) is 0 Å². The van der Waals surface area contributed by atoms with Crippen LogP contribution in [0.3, 0.4) is 0 Å². The first-order valence-corrected chi connectivity index (χ1v) is 14.7. The Hall–Kier alpha value is -3.27. The van der Waals surface area contributed by atoms with Crippen LogP contribution in [0.15, 0.2) is 77.7 Å². The van der Waals surface area contributed by atoms with Gasteiger partial charge in [-0.25, -0.2) is 8.42 Å². The number of benzene rings is 3. The molecule has 0 aliphatic heterocycles. The van der Waals surface area contributed by atoms with Crippen LogP contribution in [0.4, 0.5) is 5.69 Å². The summed E-state index contributed by atoms with van der Waals surface area (Å²) in [7, 11) is -2.72. The summed E-state index contributed by atoms with van der Waals surface area (Å²) < 4.78 is 34.0. The Morgan fingerprint density at radius 3 is 2.25 bits per heavy atom. The van der Waals surface area contributed by atoms with Crippen LogP contribution in [0.5, 0.6) is 5.75 Å². The molecular weight excluding hydrogens is 573 g/mol. The molecule has 0 radical (unpaired) electrons. The van der Waals surface area contributed by atoms with Gasteiger partial charge in [-0.2, -0.15) is 0 Å². The molecule has 1 N–H and O–H groups in total. The minimum absolute atomic E-state index is 0.0106. The maximum absolute atomic E-state index is 14.0. The monoisotopic (exact) mass is 605 g/mol. The van der Waals surface area contributed by atoms with E-state index in [2.05, 4.69) is 5.32 Å². The van der Waals surface area contributed by atoms with Crippen molar-refractivity contribution in [3.8, 4) is 5.75 Å². The molecule has 3 aromatic rings. The molecule has 0 saturated carbocycles. The second-order valence-corrected chi connectivity index (χ2v) is 12.9. The van der Waals surface area contributed by atoms with E-state index in [9.17, 15) is 18.0 Å². The molecule has 3 aromatic carbocycles. The van der Waals surface area contributed by atoms with Gasteiger partial charge in [0.25, 0.3) is 10.0 Å². The van der Waals surface area contributed by atoms with Gasteiger partial charge in [-0.05, 0) is 69.7 Å². The third kappa shape index (κ3) is 7.90. The lowest BCUT2D eigenvalue weighted by atomic mass is 10.1. The first kappa shape index (κ1) is 31.3. The minimum atomic E-state index is -4.18. The van der Waals surface area contributed by atoms with E-state index in [0.717, 1.165) is 4.31 Å². The number of anilines is 1. The Bertz CT molecular complexity index is 1460. The fourth-order valence-electron chi connectivity index (χ4n) is 3.90. The number of amides is 2. The number of hydrogen-bond acceptors (Lipinski definition) is 5. The zero-order valence-electron chi connectivity index (χ0n) is 23.0. The van der Waals surface area contributed by atoms with Crippen LogP contribution in [0.2, 0.25) is 10.0 Å². The van der Waals surface area contributed by atoms with Crippen molar-refractivity contribution in [2.75, 3.05) is 18.0 Å². The second kappa shape index (κ2) is 12.9. The molecule has 0 unspecified atom stereocenters. The molecule has 0 aliphatic carbocycles. The molecule has 11 heteroatoms. The van der Waals surface area contributed by atoms with E-state index in [4.69, 9.17) is 27.9 Å². The van der Waals surface area contributed by atoms with Crippen molar-refractivity contribution >= 4 is 50.7 Å². The van der Waals surface area contributed by atoms with E-state index >= 15 is 0 Å². The Balaban J connectivity index is 2.07. The number of nitrogens with zero attached hydrogens (tertiary/aromatic N) is 2. The lowest BCUT2D eigenvalue weighted by Crippen LogP contribution is -2.54. The molecule has 8 nitrogen and oxygen atoms in total. The lowest BCUT2D eigenvalue weighted by molar-refractivity contribution is -0.140. The molecule has 0 heterocycles. The number of halogens is 2. The van der Waals surface area contributed by atoms with Crippen LogP contribution in [-0.2, 0) is 26.2 Å². The number of hydrogen-bond donors (Lipinski definition) is 1. The number of methoxy groups -OCH3 is 1. The number of rotatable bonds is 10. The highest BCUT2D eigenvalue weighted by Crippen LogP contribution is 2.28. The number of carbonyl (C=O) groups excluding carboxylic acids is 2. The normalized spacial score (nSPS) is 12.4. The van der Waals surface area contributed by atoms with Gasteiger partial charge in [0.05, 0.1) is 17.7 Å². The summed E-state index contributed by atoms with van der Waals surface area (Å²) >= 11 is 12.5. The molecule has 0 spiro atoms. The smallest absolute Gasteiger partial charge is 0.264 e. The van der Waals surface area contributed by atoms with Crippen LogP contribution in [0.25, 0.3) is 0 Å². The van der Waals surface area contributed by atoms with Crippen LogP contribution < -0.4 is 14.4 Å². The van der Waals surface area contributed by atoms with Crippen LogP contribution >= 0.6 is 23.2 Å². The third-order valence-electron chi connectivity index (χ3n) is 5.97. The highest BCUT2D eigenvalue weighted by atomic mass is 35.5. The van der Waals surface area contributed by atoms with E-state index in [-0.39, 0.29) is 17.1 Å². The first-order valence-electron chi connectivity index (χ1n) is 12.5. The van der Waals surface area contributed by atoms with Gasteiger partial charge in [-0.1, -0.05) is 53.5 Å². The molecule has 2 amide bonds. The second-order valence-electron chi connectivity index (χ2n) is 10.2. The number of nitrogens with one attached hydrogen (secondary N) is 1. The molecule has 3 rings (SSSR count). The van der Waals surface area contributed by atoms with Crippen LogP contribution in [0.1, 0.15) is 33.3 Å². The average Bonchev–Trinajstić information content (AvgIpc) is 2.90. The largest absolute Gasteiger partial charge is 0.497 e. The van der Waals surface area contributed by atoms with Gasteiger partial charge in [-0.3, -0.25) is 13.9 Å². The van der Waals surface area contributed by atoms with Crippen LogP contribution in [-0.4, -0.2) is 50.4 Å². The molecular formula is C29H33Cl2N3O5S. The zero-order chi connectivity index (χ0) is 29.7. The van der Waals surface area contributed by atoms with Crippen molar-refractivity contribution in [2.24, 2.45) is 0 Å². The number of ether oxygens (including phenoxy) is 1. The summed E-state index contributed by atoms with van der Waals surface area (Å²) in [5, 5.41) is 3.62. The summed E-state index contributed by atoms with van der Waals surface area (Å²) in [5.74, 6) is -0.587. The van der Waals surface area contributed by atoms with Crippen molar-refractivity contribution in [3.63, 3.8) is 0 Å². The molecule has 0 saturated heterocycles. The van der Waals surface area contributed by atoms with E-state index in [1.54, 1.807) is 61.5 Å². The number of carbonyl (C=O) groups is 2. The van der Waals surface area contributed by atoms with Gasteiger partial charge in [0.1, 0.15) is 18.3 Å². The third-order valence-corrected chi connectivity index (χ3v) is 8.35. The molecule has 214 valence electrons. The van der Waals surface area contributed by atoms with Crippen LogP contribution in [0, 0.1) is 0 Å². The fourth-order valence-corrected chi connectivity index (χ4v) is 5.80. The van der Waals surface area contributed by atoms with Crippen molar-refractivity contribution < 1.29 is 22.7 Å². The summed E-state index contributed by atoms with van der Waals surface area (Å²) in [5.41, 5.74) is 0.225. The zero-order valence-corrected chi connectivity index (χ0v) is 25.3. The van der Waals surface area contributed by atoms with Crippen molar-refractivity contribution in [3.05, 3.63) is 88.4 Å². The highest BCUT2D eigenvalue weighted by Gasteiger charge is 2.33. The SMILES string of the molecule is COc1cccc(N(CC(=O)N(Cc2ccc(Cl)cc2Cl)[C@@H](C)C(=O)NC(C)(C)C)S(=O)(=O)c2ccccc2)c1. The summed E-state index contributed by atoms with van der Waals surface area (Å²) in [6, 6.07) is 18.1. The summed E-state index contributed by atoms with van der Waals surface area (Å²) in [6.07, 6.45) is 0. The molecule has 40 heavy (non-hydrogen) atoms. The van der Waals surface area contributed by atoms with Gasteiger partial charge < -0.3 is 15.0 Å². The average molecular weight is 607 g/mol. The van der Waals surface area contributed by atoms with E-state index in [1.165, 1.54) is 30.2 Å². The van der Waals surface area contributed by atoms with E-state index < -0.39 is 40.0 Å². The predicted octanol–water partition coefficient (Wildman–Crippen LogP) is 5.53. The van der Waals surface area contributed by atoms with Gasteiger partial charge in [0, 0.05) is 28.2 Å². The Kier molecular flexibility index (Phi) is 10.1. The molecule has 0 aliphatic rings. The summed E-state index contributed by atoms with van der Waals surface area (Å²) in [4.78, 5) is 28.5. The Morgan fingerprint density at radius 1 is 0.975 bits per heavy atom. The highest BCUT2D eigenvalue weighted by molar-refractivity contribution is 7.92. The maximum Gasteiger partial charge on any atom is 0.264 e. The molecule has 0 aromatic heterocycles. The van der Waals surface area contributed by atoms with Crippen molar-refractivity contribution in [2.45, 2.75) is 50.7 Å². The van der Waals surface area contributed by atoms with Crippen molar-refractivity contribution in [1.29, 1.82) is 0 Å². The van der Waals surface area contributed by atoms with Crippen molar-refractivity contribution in [1.82, 2.24) is 10.2 Å². The Morgan fingerprint density at radius 2 is 1.65 bits per heavy atom. The summed E-state index contributed by atoms with van der Waals surface area (Å²) in [6.45, 7) is 6.45. The first-order chi connectivity index (χ1) is 18.7. The fraction of sp³-hybridized carbons (Fsp3) is 0.310. The molecule has 0 bridgehead atoms. The van der Waals surface area contributed by atoms with E-state index in [1.807, 2.05) is 20.8 Å². The predicted molar refractivity (Wildman–Crippen MR) is 158 cm³/mol. The molecule has 0 fully saturated rings. The van der Waals surface area contributed by atoms with Gasteiger partial charge >= 0.3 is 0 Å². The Labute approximate surface area is 245 Å². The maximum atomic E-state index is 14.0.